The normalized spacial score (nSPS) is 28.8. The summed E-state index contributed by atoms with van der Waals surface area (Å²) in [5, 5.41) is 5.83. The highest BCUT2D eigenvalue weighted by Gasteiger charge is 2.35. The summed E-state index contributed by atoms with van der Waals surface area (Å²) in [5.74, 6) is -0.0603. The Labute approximate surface area is 107 Å². The summed E-state index contributed by atoms with van der Waals surface area (Å²) in [5.41, 5.74) is 0. The predicted molar refractivity (Wildman–Crippen MR) is 66.0 cm³/mol. The molecule has 102 valence electrons. The van der Waals surface area contributed by atoms with Gasteiger partial charge in [0.15, 0.2) is 0 Å². The van der Waals surface area contributed by atoms with E-state index >= 15 is 0 Å². The summed E-state index contributed by atoms with van der Waals surface area (Å²) >= 11 is 0. The van der Waals surface area contributed by atoms with Crippen molar-refractivity contribution in [3.8, 4) is 0 Å². The molecular weight excluding hydrogens is 234 g/mol. The first-order chi connectivity index (χ1) is 8.74. The zero-order valence-electron chi connectivity index (χ0n) is 10.8. The van der Waals surface area contributed by atoms with E-state index < -0.39 is 6.04 Å². The standard InChI is InChI=1S/C12H21N3O3/c1-13-11(16)10-8-18-6-5-15(10)12(17)9-3-2-4-14-7-9/h9-10,14H,2-8H2,1H3,(H,13,16). The molecule has 0 aliphatic carbocycles. The maximum atomic E-state index is 12.4. The van der Waals surface area contributed by atoms with Gasteiger partial charge in [-0.1, -0.05) is 0 Å². The quantitative estimate of drug-likeness (QED) is 0.661. The van der Waals surface area contributed by atoms with E-state index in [-0.39, 0.29) is 17.7 Å². The van der Waals surface area contributed by atoms with Crippen molar-refractivity contribution in [1.29, 1.82) is 0 Å². The first kappa shape index (κ1) is 13.3. The molecular formula is C12H21N3O3. The highest BCUT2D eigenvalue weighted by atomic mass is 16.5. The first-order valence-corrected chi connectivity index (χ1v) is 6.54. The summed E-state index contributed by atoms with van der Waals surface area (Å²) in [6.07, 6.45) is 1.93. The SMILES string of the molecule is CNC(=O)C1COCCN1C(=O)C1CCCNC1. The molecule has 0 spiro atoms. The third-order valence-corrected chi connectivity index (χ3v) is 3.61. The van der Waals surface area contributed by atoms with Crippen molar-refractivity contribution in [1.82, 2.24) is 15.5 Å². The van der Waals surface area contributed by atoms with Crippen LogP contribution < -0.4 is 10.6 Å². The zero-order valence-corrected chi connectivity index (χ0v) is 10.8. The number of carbonyl (C=O) groups excluding carboxylic acids is 2. The monoisotopic (exact) mass is 255 g/mol. The van der Waals surface area contributed by atoms with Crippen LogP contribution in [0.2, 0.25) is 0 Å². The minimum absolute atomic E-state index is 0.00371. The molecule has 0 aromatic rings. The lowest BCUT2D eigenvalue weighted by atomic mass is 9.97. The van der Waals surface area contributed by atoms with Gasteiger partial charge < -0.3 is 20.3 Å². The zero-order chi connectivity index (χ0) is 13.0. The second-order valence-electron chi connectivity index (χ2n) is 4.78. The van der Waals surface area contributed by atoms with Gasteiger partial charge in [0.25, 0.3) is 0 Å². The molecule has 2 heterocycles. The average molecular weight is 255 g/mol. The Morgan fingerprint density at radius 1 is 1.44 bits per heavy atom. The molecule has 2 aliphatic heterocycles. The van der Waals surface area contributed by atoms with Gasteiger partial charge >= 0.3 is 0 Å². The fraction of sp³-hybridized carbons (Fsp3) is 0.833. The smallest absolute Gasteiger partial charge is 0.244 e. The van der Waals surface area contributed by atoms with Crippen LogP contribution in [0.1, 0.15) is 12.8 Å². The molecule has 6 heteroatoms. The third-order valence-electron chi connectivity index (χ3n) is 3.61. The molecule has 0 radical (unpaired) electrons. The van der Waals surface area contributed by atoms with Gasteiger partial charge in [-0.25, -0.2) is 0 Å². The van der Waals surface area contributed by atoms with Gasteiger partial charge in [-0.2, -0.15) is 0 Å². The number of carbonyl (C=O) groups is 2. The van der Waals surface area contributed by atoms with Crippen molar-refractivity contribution in [3.05, 3.63) is 0 Å². The molecule has 2 rings (SSSR count). The van der Waals surface area contributed by atoms with E-state index in [1.807, 2.05) is 0 Å². The molecule has 2 N–H and O–H groups in total. The Bertz CT molecular complexity index is 316. The van der Waals surface area contributed by atoms with Crippen LogP contribution in [-0.2, 0) is 14.3 Å². The highest BCUT2D eigenvalue weighted by molar-refractivity contribution is 5.88. The lowest BCUT2D eigenvalue weighted by molar-refractivity contribution is -0.151. The van der Waals surface area contributed by atoms with Crippen molar-refractivity contribution in [3.63, 3.8) is 0 Å². The number of nitrogens with zero attached hydrogens (tertiary/aromatic N) is 1. The third kappa shape index (κ3) is 2.81. The van der Waals surface area contributed by atoms with Crippen LogP contribution in [0.5, 0.6) is 0 Å². The van der Waals surface area contributed by atoms with Crippen molar-refractivity contribution < 1.29 is 14.3 Å². The number of ether oxygens (including phenoxy) is 1. The summed E-state index contributed by atoms with van der Waals surface area (Å²) < 4.78 is 5.30. The van der Waals surface area contributed by atoms with E-state index in [4.69, 9.17) is 4.74 Å². The minimum atomic E-state index is -0.474. The van der Waals surface area contributed by atoms with E-state index in [2.05, 4.69) is 10.6 Å². The molecule has 0 aromatic carbocycles. The molecule has 2 saturated heterocycles. The molecule has 18 heavy (non-hydrogen) atoms. The number of morpholine rings is 1. The number of hydrogen-bond donors (Lipinski definition) is 2. The van der Waals surface area contributed by atoms with Gasteiger partial charge in [0, 0.05) is 20.1 Å². The number of amides is 2. The fourth-order valence-electron chi connectivity index (χ4n) is 2.55. The first-order valence-electron chi connectivity index (χ1n) is 6.54. The van der Waals surface area contributed by atoms with Crippen LogP contribution in [-0.4, -0.2) is 62.7 Å². The predicted octanol–water partition coefficient (Wildman–Crippen LogP) is -1.04. The molecule has 0 saturated carbocycles. The second kappa shape index (κ2) is 6.15. The number of likely N-dealkylation sites (N-methyl/N-ethyl adjacent to an activating group) is 1. The van der Waals surface area contributed by atoms with Crippen LogP contribution >= 0.6 is 0 Å². The van der Waals surface area contributed by atoms with E-state index in [1.54, 1.807) is 11.9 Å². The minimum Gasteiger partial charge on any atom is -0.377 e. The Hall–Kier alpha value is -1.14. The highest BCUT2D eigenvalue weighted by Crippen LogP contribution is 2.17. The Balaban J connectivity index is 2.03. The van der Waals surface area contributed by atoms with E-state index in [1.165, 1.54) is 0 Å². The van der Waals surface area contributed by atoms with Gasteiger partial charge in [0.1, 0.15) is 6.04 Å². The summed E-state index contributed by atoms with van der Waals surface area (Å²) in [4.78, 5) is 25.9. The van der Waals surface area contributed by atoms with E-state index in [9.17, 15) is 9.59 Å². The van der Waals surface area contributed by atoms with Gasteiger partial charge in [-0.3, -0.25) is 9.59 Å². The Morgan fingerprint density at radius 2 is 2.28 bits per heavy atom. The molecule has 2 amide bonds. The maximum absolute atomic E-state index is 12.4. The van der Waals surface area contributed by atoms with Crippen molar-refractivity contribution >= 4 is 11.8 Å². The number of piperidine rings is 1. The van der Waals surface area contributed by atoms with Gasteiger partial charge in [0.2, 0.25) is 11.8 Å². The van der Waals surface area contributed by atoms with Crippen LogP contribution in [0.3, 0.4) is 0 Å². The lowest BCUT2D eigenvalue weighted by Crippen LogP contribution is -2.57. The van der Waals surface area contributed by atoms with Crippen LogP contribution in [0.25, 0.3) is 0 Å². The summed E-state index contributed by atoms with van der Waals surface area (Å²) in [7, 11) is 1.59. The Kier molecular flexibility index (Phi) is 4.54. The number of rotatable bonds is 2. The van der Waals surface area contributed by atoms with E-state index in [0.29, 0.717) is 19.8 Å². The van der Waals surface area contributed by atoms with Crippen LogP contribution in [0.4, 0.5) is 0 Å². The summed E-state index contributed by atoms with van der Waals surface area (Å²) in [6, 6.07) is -0.474. The molecule has 2 unspecified atom stereocenters. The molecule has 6 nitrogen and oxygen atoms in total. The van der Waals surface area contributed by atoms with Gasteiger partial charge in [-0.15, -0.1) is 0 Å². The number of nitrogens with one attached hydrogen (secondary N) is 2. The maximum Gasteiger partial charge on any atom is 0.244 e. The average Bonchev–Trinajstić information content (AvgIpc) is 2.46. The van der Waals surface area contributed by atoms with Gasteiger partial charge in [0.05, 0.1) is 19.1 Å². The van der Waals surface area contributed by atoms with Crippen molar-refractivity contribution in [2.75, 3.05) is 39.9 Å². The lowest BCUT2D eigenvalue weighted by Gasteiger charge is -2.37. The molecule has 2 aliphatic rings. The Morgan fingerprint density at radius 3 is 2.94 bits per heavy atom. The van der Waals surface area contributed by atoms with E-state index in [0.717, 1.165) is 25.9 Å². The summed E-state index contributed by atoms with van der Waals surface area (Å²) in [6.45, 7) is 3.01. The molecule has 2 fully saturated rings. The number of hydrogen-bond acceptors (Lipinski definition) is 4. The van der Waals surface area contributed by atoms with Crippen molar-refractivity contribution in [2.45, 2.75) is 18.9 Å². The largest absolute Gasteiger partial charge is 0.377 e. The second-order valence-corrected chi connectivity index (χ2v) is 4.78. The molecule has 2 atom stereocenters. The topological polar surface area (TPSA) is 70.7 Å². The molecule has 0 aromatic heterocycles. The van der Waals surface area contributed by atoms with Crippen molar-refractivity contribution in [2.24, 2.45) is 5.92 Å². The fourth-order valence-corrected chi connectivity index (χ4v) is 2.55. The molecule has 0 bridgehead atoms. The van der Waals surface area contributed by atoms with Crippen LogP contribution in [0.15, 0.2) is 0 Å². The van der Waals surface area contributed by atoms with Crippen LogP contribution in [0, 0.1) is 5.92 Å². The van der Waals surface area contributed by atoms with Gasteiger partial charge in [-0.05, 0) is 19.4 Å².